The highest BCUT2D eigenvalue weighted by atomic mass is 16.7. The maximum absolute atomic E-state index is 10.7. The molecule has 4 nitrogen and oxygen atoms in total. The van der Waals surface area contributed by atoms with E-state index in [1.54, 1.807) is 0 Å². The second-order valence-corrected chi connectivity index (χ2v) is 5.22. The van der Waals surface area contributed by atoms with Crippen LogP contribution in [0.25, 0.3) is 0 Å². The number of rotatable bonds is 6. The highest BCUT2D eigenvalue weighted by Gasteiger charge is 2.32. The van der Waals surface area contributed by atoms with Gasteiger partial charge in [-0.05, 0) is 43.2 Å². The number of hydrogen-bond acceptors (Lipinski definition) is 4. The van der Waals surface area contributed by atoms with Crippen molar-refractivity contribution in [1.29, 1.82) is 0 Å². The molecule has 20 heavy (non-hydrogen) atoms. The fourth-order valence-corrected chi connectivity index (χ4v) is 2.90. The van der Waals surface area contributed by atoms with Gasteiger partial charge in [0.25, 0.3) is 0 Å². The normalized spacial score (nSPS) is 14.9. The van der Waals surface area contributed by atoms with Gasteiger partial charge < -0.3 is 19.4 Å². The zero-order valence-electron chi connectivity index (χ0n) is 12.1. The van der Waals surface area contributed by atoms with E-state index in [9.17, 15) is 9.90 Å². The first kappa shape index (κ1) is 15.0. The van der Waals surface area contributed by atoms with Gasteiger partial charge in [-0.15, -0.1) is 0 Å². The molecule has 0 fully saturated rings. The summed E-state index contributed by atoms with van der Waals surface area (Å²) in [5.74, 6) is -2.10. The predicted octanol–water partition coefficient (Wildman–Crippen LogP) is 1.54. The number of benzene rings is 1. The van der Waals surface area contributed by atoms with Crippen molar-refractivity contribution < 1.29 is 19.4 Å². The molecule has 2 rings (SSSR count). The molecule has 4 heteroatoms. The van der Waals surface area contributed by atoms with Gasteiger partial charge in [-0.25, -0.2) is 0 Å². The summed E-state index contributed by atoms with van der Waals surface area (Å²) in [5.41, 5.74) is 3.58. The molecule has 0 heterocycles. The Morgan fingerprint density at radius 2 is 1.85 bits per heavy atom. The summed E-state index contributed by atoms with van der Waals surface area (Å²) < 4.78 is 11.0. The van der Waals surface area contributed by atoms with Gasteiger partial charge in [-0.1, -0.05) is 18.2 Å². The number of fused-ring (bicyclic) bond motifs is 1. The topological polar surface area (TPSA) is 58.6 Å². The molecule has 1 aliphatic rings. The molecule has 1 aromatic carbocycles. The highest BCUT2D eigenvalue weighted by molar-refractivity contribution is 5.64. The third-order valence-corrected chi connectivity index (χ3v) is 4.11. The van der Waals surface area contributed by atoms with Crippen LogP contribution in [0.3, 0.4) is 0 Å². The zero-order chi connectivity index (χ0) is 14.6. The molecule has 0 amide bonds. The lowest BCUT2D eigenvalue weighted by atomic mass is 9.88. The van der Waals surface area contributed by atoms with Gasteiger partial charge in [0.15, 0.2) is 5.79 Å². The molecule has 0 aromatic heterocycles. The van der Waals surface area contributed by atoms with Crippen molar-refractivity contribution in [3.8, 4) is 0 Å². The summed E-state index contributed by atoms with van der Waals surface area (Å²) in [5, 5.41) is 10.7. The van der Waals surface area contributed by atoms with Gasteiger partial charge >= 0.3 is 0 Å². The Morgan fingerprint density at radius 1 is 1.20 bits per heavy atom. The Kier molecular flexibility index (Phi) is 4.78. The van der Waals surface area contributed by atoms with Crippen LogP contribution >= 0.6 is 0 Å². The van der Waals surface area contributed by atoms with Crippen LogP contribution in [0, 0.1) is 0 Å². The highest BCUT2D eigenvalue weighted by Crippen LogP contribution is 2.34. The number of ether oxygens (including phenoxy) is 2. The lowest BCUT2D eigenvalue weighted by molar-refractivity contribution is -0.309. The van der Waals surface area contributed by atoms with Crippen LogP contribution < -0.4 is 5.11 Å². The van der Waals surface area contributed by atoms with Crippen molar-refractivity contribution in [3.63, 3.8) is 0 Å². The molecule has 0 bridgehead atoms. The third-order valence-electron chi connectivity index (χ3n) is 4.11. The summed E-state index contributed by atoms with van der Waals surface area (Å²) >= 11 is 0. The van der Waals surface area contributed by atoms with Gasteiger partial charge in [-0.3, -0.25) is 0 Å². The summed E-state index contributed by atoms with van der Waals surface area (Å²) in [6, 6.07) is 6.18. The average molecular weight is 277 g/mol. The van der Waals surface area contributed by atoms with Crippen molar-refractivity contribution >= 4 is 5.97 Å². The van der Waals surface area contributed by atoms with Gasteiger partial charge in [0.1, 0.15) is 0 Å². The molecule has 0 unspecified atom stereocenters. The molecule has 0 N–H and O–H groups in total. The molecular formula is C16H21O4-. The molecule has 1 aromatic rings. The Bertz CT molecular complexity index is 477. The van der Waals surface area contributed by atoms with Crippen LogP contribution in [0.15, 0.2) is 18.2 Å². The van der Waals surface area contributed by atoms with Crippen LogP contribution in [0.4, 0.5) is 0 Å². The van der Waals surface area contributed by atoms with E-state index in [1.807, 2.05) is 6.07 Å². The van der Waals surface area contributed by atoms with Crippen LogP contribution in [0.2, 0.25) is 0 Å². The van der Waals surface area contributed by atoms with Gasteiger partial charge in [-0.2, -0.15) is 0 Å². The molecule has 0 saturated carbocycles. The van der Waals surface area contributed by atoms with E-state index in [0.717, 1.165) is 18.4 Å². The van der Waals surface area contributed by atoms with Crippen LogP contribution in [-0.2, 0) is 32.9 Å². The number of methoxy groups -OCH3 is 2. The number of carbonyl (C=O) groups is 1. The maximum atomic E-state index is 10.7. The van der Waals surface area contributed by atoms with E-state index in [-0.39, 0.29) is 12.8 Å². The fourth-order valence-electron chi connectivity index (χ4n) is 2.90. The van der Waals surface area contributed by atoms with Gasteiger partial charge in [0.2, 0.25) is 0 Å². The molecule has 0 saturated heterocycles. The van der Waals surface area contributed by atoms with E-state index in [0.29, 0.717) is 0 Å². The molecule has 0 spiro atoms. The Hall–Kier alpha value is -1.39. The number of carboxylic acid groups (broad SMARTS) is 1. The van der Waals surface area contributed by atoms with E-state index >= 15 is 0 Å². The van der Waals surface area contributed by atoms with Crippen molar-refractivity contribution in [2.75, 3.05) is 14.2 Å². The standard InChI is InChI=1S/C16H22O4/c1-19-16(20-2,10-9-15(17)18)14-8-7-12-5-3-4-6-13(12)11-14/h7-8,11H,3-6,9-10H2,1-2H3,(H,17,18)/p-1. The van der Waals surface area contributed by atoms with E-state index in [1.165, 1.54) is 38.2 Å². The Labute approximate surface area is 119 Å². The summed E-state index contributed by atoms with van der Waals surface area (Å²) in [7, 11) is 3.08. The third kappa shape index (κ3) is 3.02. The number of carbonyl (C=O) groups excluding carboxylic acids is 1. The minimum Gasteiger partial charge on any atom is -0.550 e. The average Bonchev–Trinajstić information content (AvgIpc) is 2.48. The first-order chi connectivity index (χ1) is 9.61. The van der Waals surface area contributed by atoms with E-state index < -0.39 is 11.8 Å². The zero-order valence-corrected chi connectivity index (χ0v) is 12.1. The number of carboxylic acids is 1. The first-order valence-corrected chi connectivity index (χ1v) is 7.04. The van der Waals surface area contributed by atoms with Crippen molar-refractivity contribution in [2.45, 2.75) is 44.3 Å². The molecule has 0 atom stereocenters. The van der Waals surface area contributed by atoms with Gasteiger partial charge in [0, 0.05) is 32.2 Å². The van der Waals surface area contributed by atoms with E-state index in [4.69, 9.17) is 9.47 Å². The quantitative estimate of drug-likeness (QED) is 0.740. The summed E-state index contributed by atoms with van der Waals surface area (Å²) in [4.78, 5) is 10.7. The van der Waals surface area contributed by atoms with Crippen LogP contribution in [0.5, 0.6) is 0 Å². The molecule has 1 aliphatic carbocycles. The monoisotopic (exact) mass is 277 g/mol. The molecular weight excluding hydrogens is 256 g/mol. The number of hydrogen-bond donors (Lipinski definition) is 0. The number of aliphatic carboxylic acids is 1. The molecule has 110 valence electrons. The summed E-state index contributed by atoms with van der Waals surface area (Å²) in [6.45, 7) is 0. The lowest BCUT2D eigenvalue weighted by Crippen LogP contribution is -2.34. The first-order valence-electron chi connectivity index (χ1n) is 7.04. The van der Waals surface area contributed by atoms with Crippen LogP contribution in [0.1, 0.15) is 42.4 Å². The summed E-state index contributed by atoms with van der Waals surface area (Å²) in [6.07, 6.45) is 4.74. The molecule has 0 aliphatic heterocycles. The Balaban J connectivity index is 2.30. The SMILES string of the molecule is COC(CCC(=O)[O-])(OC)c1ccc2c(c1)CCCC2. The Morgan fingerprint density at radius 3 is 2.45 bits per heavy atom. The number of aryl methyl sites for hydroxylation is 2. The lowest BCUT2D eigenvalue weighted by Gasteiger charge is -2.32. The van der Waals surface area contributed by atoms with Crippen molar-refractivity contribution in [2.24, 2.45) is 0 Å². The minimum atomic E-state index is -1.10. The van der Waals surface area contributed by atoms with Crippen molar-refractivity contribution in [1.82, 2.24) is 0 Å². The van der Waals surface area contributed by atoms with Crippen LogP contribution in [-0.4, -0.2) is 20.2 Å². The maximum Gasteiger partial charge on any atom is 0.194 e. The minimum absolute atomic E-state index is 0.0984. The van der Waals surface area contributed by atoms with Gasteiger partial charge in [0.05, 0.1) is 0 Å². The largest absolute Gasteiger partial charge is 0.550 e. The fraction of sp³-hybridized carbons (Fsp3) is 0.562. The van der Waals surface area contributed by atoms with Crippen molar-refractivity contribution in [3.05, 3.63) is 34.9 Å². The smallest absolute Gasteiger partial charge is 0.194 e. The predicted molar refractivity (Wildman–Crippen MR) is 73.0 cm³/mol. The van der Waals surface area contributed by atoms with E-state index in [2.05, 4.69) is 12.1 Å². The second-order valence-electron chi connectivity index (χ2n) is 5.22. The second kappa shape index (κ2) is 6.37. The molecule has 0 radical (unpaired) electrons.